The van der Waals surface area contributed by atoms with Gasteiger partial charge in [-0.25, -0.2) is 14.5 Å². The molecule has 0 aliphatic rings. The predicted molar refractivity (Wildman–Crippen MR) is 91.1 cm³/mol. The molecule has 0 bridgehead atoms. The number of imidazole rings is 2. The van der Waals surface area contributed by atoms with E-state index in [1.807, 2.05) is 18.2 Å². The topological polar surface area (TPSA) is 86.3 Å². The van der Waals surface area contributed by atoms with Gasteiger partial charge in [0, 0.05) is 12.4 Å². The third-order valence-electron chi connectivity index (χ3n) is 3.67. The lowest BCUT2D eigenvalue weighted by Gasteiger charge is -2.06. The zero-order valence-corrected chi connectivity index (χ0v) is 13.3. The molecule has 0 atom stereocenters. The summed E-state index contributed by atoms with van der Waals surface area (Å²) in [6, 6.07) is 10.7. The van der Waals surface area contributed by atoms with Gasteiger partial charge in [-0.15, -0.1) is 5.10 Å². The SMILES string of the molecule is COc1ccccc1C(=O)Nc1cn2nc(-n3ccnc3)ccc2n1. The van der Waals surface area contributed by atoms with Crippen molar-refractivity contribution in [3.63, 3.8) is 0 Å². The molecule has 0 spiro atoms. The number of amides is 1. The zero-order valence-electron chi connectivity index (χ0n) is 13.3. The minimum absolute atomic E-state index is 0.296. The number of anilines is 1. The molecule has 124 valence electrons. The second-order valence-electron chi connectivity index (χ2n) is 5.24. The Morgan fingerprint density at radius 3 is 2.88 bits per heavy atom. The number of aromatic nitrogens is 5. The van der Waals surface area contributed by atoms with Crippen LogP contribution >= 0.6 is 0 Å². The van der Waals surface area contributed by atoms with Crippen LogP contribution < -0.4 is 10.1 Å². The first-order chi connectivity index (χ1) is 12.2. The number of rotatable bonds is 4. The molecule has 1 aromatic carbocycles. The molecular weight excluding hydrogens is 320 g/mol. The van der Waals surface area contributed by atoms with Gasteiger partial charge in [0.2, 0.25) is 0 Å². The average molecular weight is 334 g/mol. The molecule has 4 rings (SSSR count). The number of carbonyl (C=O) groups excluding carboxylic acids is 1. The van der Waals surface area contributed by atoms with E-state index in [4.69, 9.17) is 4.74 Å². The molecule has 0 saturated carbocycles. The molecule has 1 amide bonds. The number of methoxy groups -OCH3 is 1. The molecule has 1 N–H and O–H groups in total. The van der Waals surface area contributed by atoms with Crippen molar-refractivity contribution < 1.29 is 9.53 Å². The molecule has 3 heterocycles. The van der Waals surface area contributed by atoms with Crippen molar-refractivity contribution in [2.75, 3.05) is 12.4 Å². The van der Waals surface area contributed by atoms with Crippen molar-refractivity contribution in [3.05, 3.63) is 66.9 Å². The van der Waals surface area contributed by atoms with Crippen molar-refractivity contribution in [2.45, 2.75) is 0 Å². The molecule has 4 aromatic rings. The molecule has 25 heavy (non-hydrogen) atoms. The summed E-state index contributed by atoms with van der Waals surface area (Å²) in [5.74, 6) is 1.32. The largest absolute Gasteiger partial charge is 0.496 e. The van der Waals surface area contributed by atoms with E-state index in [0.29, 0.717) is 28.6 Å². The predicted octanol–water partition coefficient (Wildman–Crippen LogP) is 2.18. The molecule has 0 aliphatic heterocycles. The summed E-state index contributed by atoms with van der Waals surface area (Å²) >= 11 is 0. The zero-order chi connectivity index (χ0) is 17.2. The van der Waals surface area contributed by atoms with E-state index >= 15 is 0 Å². The number of nitrogens with one attached hydrogen (secondary N) is 1. The monoisotopic (exact) mass is 334 g/mol. The summed E-state index contributed by atoms with van der Waals surface area (Å²) in [7, 11) is 1.53. The molecule has 0 unspecified atom stereocenters. The van der Waals surface area contributed by atoms with Gasteiger partial charge in [-0.1, -0.05) is 12.1 Å². The number of nitrogens with zero attached hydrogens (tertiary/aromatic N) is 5. The maximum absolute atomic E-state index is 12.5. The van der Waals surface area contributed by atoms with Gasteiger partial charge in [-0.3, -0.25) is 9.36 Å². The van der Waals surface area contributed by atoms with E-state index in [-0.39, 0.29) is 5.91 Å². The lowest BCUT2D eigenvalue weighted by atomic mass is 10.2. The summed E-state index contributed by atoms with van der Waals surface area (Å²) in [4.78, 5) is 20.8. The highest BCUT2D eigenvalue weighted by atomic mass is 16.5. The highest BCUT2D eigenvalue weighted by Gasteiger charge is 2.13. The van der Waals surface area contributed by atoms with Crippen LogP contribution in [0.15, 0.2) is 61.3 Å². The van der Waals surface area contributed by atoms with Crippen LogP contribution in [0.25, 0.3) is 11.5 Å². The minimum Gasteiger partial charge on any atom is -0.496 e. The summed E-state index contributed by atoms with van der Waals surface area (Å²) < 4.78 is 8.60. The maximum Gasteiger partial charge on any atom is 0.260 e. The van der Waals surface area contributed by atoms with Crippen LogP contribution in [-0.4, -0.2) is 37.2 Å². The van der Waals surface area contributed by atoms with Crippen LogP contribution in [-0.2, 0) is 0 Å². The minimum atomic E-state index is -0.296. The molecule has 8 heteroatoms. The van der Waals surface area contributed by atoms with Gasteiger partial charge < -0.3 is 10.1 Å². The summed E-state index contributed by atoms with van der Waals surface area (Å²) in [5.41, 5.74) is 1.06. The summed E-state index contributed by atoms with van der Waals surface area (Å²) in [6.45, 7) is 0. The van der Waals surface area contributed by atoms with E-state index in [0.717, 1.165) is 0 Å². The van der Waals surface area contributed by atoms with Crippen LogP contribution in [0.3, 0.4) is 0 Å². The van der Waals surface area contributed by atoms with Crippen LogP contribution in [0.1, 0.15) is 10.4 Å². The van der Waals surface area contributed by atoms with E-state index in [1.165, 1.54) is 7.11 Å². The fourth-order valence-corrected chi connectivity index (χ4v) is 2.48. The lowest BCUT2D eigenvalue weighted by molar-refractivity contribution is 0.102. The van der Waals surface area contributed by atoms with Gasteiger partial charge in [0.25, 0.3) is 5.91 Å². The van der Waals surface area contributed by atoms with Crippen LogP contribution in [0.4, 0.5) is 5.82 Å². The molecule has 3 aromatic heterocycles. The second kappa shape index (κ2) is 6.08. The Labute approximate surface area is 142 Å². The van der Waals surface area contributed by atoms with E-state index in [1.54, 1.807) is 52.2 Å². The standard InChI is InChI=1S/C17H14N6O2/c1-25-13-5-3-2-4-12(13)17(24)20-14-10-23-15(19-14)6-7-16(21-23)22-9-8-18-11-22/h2-11H,1H3,(H,20,24). The Morgan fingerprint density at radius 1 is 1.20 bits per heavy atom. The van der Waals surface area contributed by atoms with Gasteiger partial charge in [0.15, 0.2) is 17.3 Å². The van der Waals surface area contributed by atoms with Crippen molar-refractivity contribution in [3.8, 4) is 11.6 Å². The normalized spacial score (nSPS) is 10.8. The van der Waals surface area contributed by atoms with Crippen molar-refractivity contribution in [1.29, 1.82) is 0 Å². The number of hydrogen-bond acceptors (Lipinski definition) is 5. The fourth-order valence-electron chi connectivity index (χ4n) is 2.48. The number of ether oxygens (including phenoxy) is 1. The lowest BCUT2D eigenvalue weighted by Crippen LogP contribution is -2.13. The number of hydrogen-bond donors (Lipinski definition) is 1. The Kier molecular flexibility index (Phi) is 3.62. The highest BCUT2D eigenvalue weighted by Crippen LogP contribution is 2.19. The quantitative estimate of drug-likeness (QED) is 0.618. The Hall–Kier alpha value is -3.68. The van der Waals surface area contributed by atoms with Gasteiger partial charge in [0.05, 0.1) is 18.9 Å². The Morgan fingerprint density at radius 2 is 2.08 bits per heavy atom. The van der Waals surface area contributed by atoms with Gasteiger partial charge >= 0.3 is 0 Å². The molecule has 0 aliphatic carbocycles. The first-order valence-electron chi connectivity index (χ1n) is 7.54. The van der Waals surface area contributed by atoms with Gasteiger partial charge in [0.1, 0.15) is 12.1 Å². The first kappa shape index (κ1) is 14.9. The molecule has 0 saturated heterocycles. The van der Waals surface area contributed by atoms with Gasteiger partial charge in [-0.05, 0) is 24.3 Å². The third-order valence-corrected chi connectivity index (χ3v) is 3.67. The third kappa shape index (κ3) is 2.80. The smallest absolute Gasteiger partial charge is 0.260 e. The highest BCUT2D eigenvalue weighted by molar-refractivity contribution is 6.05. The van der Waals surface area contributed by atoms with Crippen LogP contribution in [0.5, 0.6) is 5.75 Å². The molecular formula is C17H14N6O2. The van der Waals surface area contributed by atoms with Crippen molar-refractivity contribution in [1.82, 2.24) is 24.1 Å². The number of fused-ring (bicyclic) bond motifs is 1. The molecule has 8 nitrogen and oxygen atoms in total. The van der Waals surface area contributed by atoms with E-state index in [2.05, 4.69) is 20.4 Å². The Balaban J connectivity index is 1.62. The summed E-state index contributed by atoms with van der Waals surface area (Å²) in [6.07, 6.45) is 6.80. The Bertz CT molecular complexity index is 1040. The van der Waals surface area contributed by atoms with Gasteiger partial charge in [-0.2, -0.15) is 0 Å². The number of para-hydroxylation sites is 1. The second-order valence-corrected chi connectivity index (χ2v) is 5.24. The van der Waals surface area contributed by atoms with Crippen LogP contribution in [0.2, 0.25) is 0 Å². The van der Waals surface area contributed by atoms with Crippen LogP contribution in [0, 0.1) is 0 Å². The van der Waals surface area contributed by atoms with E-state index in [9.17, 15) is 4.79 Å². The number of carbonyl (C=O) groups is 1. The van der Waals surface area contributed by atoms with E-state index < -0.39 is 0 Å². The number of benzene rings is 1. The van der Waals surface area contributed by atoms with Crippen molar-refractivity contribution >= 4 is 17.4 Å². The molecule has 0 fully saturated rings. The first-order valence-corrected chi connectivity index (χ1v) is 7.54. The fraction of sp³-hybridized carbons (Fsp3) is 0.0588. The average Bonchev–Trinajstić information content (AvgIpc) is 3.30. The van der Waals surface area contributed by atoms with Crippen molar-refractivity contribution in [2.24, 2.45) is 0 Å². The summed E-state index contributed by atoms with van der Waals surface area (Å²) in [5, 5.41) is 7.22. The maximum atomic E-state index is 12.5. The molecule has 0 radical (unpaired) electrons.